The molecule has 0 spiro atoms. The van der Waals surface area contributed by atoms with Gasteiger partial charge in [0, 0.05) is 54.8 Å². The maximum Gasteiger partial charge on any atom is 0.254 e. The summed E-state index contributed by atoms with van der Waals surface area (Å²) in [6, 6.07) is 8.90. The first-order chi connectivity index (χ1) is 14.2. The van der Waals surface area contributed by atoms with E-state index in [1.807, 2.05) is 24.3 Å². The molecule has 0 fully saturated rings. The normalized spacial score (nSPS) is 20.0. The van der Waals surface area contributed by atoms with Gasteiger partial charge in [-0.15, -0.1) is 0 Å². The molecular weight excluding hydrogens is 366 g/mol. The van der Waals surface area contributed by atoms with Gasteiger partial charge in [0.1, 0.15) is 5.82 Å². The van der Waals surface area contributed by atoms with Gasteiger partial charge in [-0.2, -0.15) is 0 Å². The van der Waals surface area contributed by atoms with Gasteiger partial charge in [-0.05, 0) is 43.0 Å². The molecule has 1 aliphatic carbocycles. The standard InChI is InChI=1S/C22H21N5O2/c28-20-13-19(14-5-8-23-9-6-14)25-21-17(4-2-10-27(20)21)26-22(29)16-11-15-3-1-7-24-18(15)12-16/h1,3,5-9,13,16-17H,2,4,10-12H2,(H,26,29). The van der Waals surface area contributed by atoms with Crippen molar-refractivity contribution in [3.05, 3.63) is 76.4 Å². The minimum Gasteiger partial charge on any atom is -0.346 e. The number of carbonyl (C=O) groups is 1. The molecular formula is C22H21N5O2. The fourth-order valence-electron chi connectivity index (χ4n) is 4.29. The number of nitrogens with one attached hydrogen (secondary N) is 1. The molecule has 2 aliphatic rings. The molecule has 1 amide bonds. The van der Waals surface area contributed by atoms with Crippen molar-refractivity contribution in [1.29, 1.82) is 0 Å². The third kappa shape index (κ3) is 3.33. The molecule has 0 saturated carbocycles. The molecule has 2 unspecified atom stereocenters. The summed E-state index contributed by atoms with van der Waals surface area (Å²) in [5.74, 6) is 0.521. The van der Waals surface area contributed by atoms with E-state index in [4.69, 9.17) is 4.98 Å². The van der Waals surface area contributed by atoms with Crippen LogP contribution in [0.1, 0.15) is 36.0 Å². The summed E-state index contributed by atoms with van der Waals surface area (Å²) in [7, 11) is 0. The molecule has 1 aliphatic heterocycles. The highest BCUT2D eigenvalue weighted by Crippen LogP contribution is 2.28. The Kier molecular flexibility index (Phi) is 4.42. The third-order valence-corrected chi connectivity index (χ3v) is 5.78. The van der Waals surface area contributed by atoms with E-state index in [9.17, 15) is 9.59 Å². The molecule has 3 aromatic rings. The highest BCUT2D eigenvalue weighted by atomic mass is 16.2. The van der Waals surface area contributed by atoms with E-state index in [0.29, 0.717) is 30.9 Å². The zero-order chi connectivity index (χ0) is 19.8. The molecule has 0 bridgehead atoms. The van der Waals surface area contributed by atoms with Crippen LogP contribution in [-0.4, -0.2) is 25.4 Å². The van der Waals surface area contributed by atoms with Crippen molar-refractivity contribution in [3.8, 4) is 11.3 Å². The summed E-state index contributed by atoms with van der Waals surface area (Å²) in [6.07, 6.45) is 8.10. The average Bonchev–Trinajstić information content (AvgIpc) is 3.19. The molecule has 7 heteroatoms. The smallest absolute Gasteiger partial charge is 0.254 e. The lowest BCUT2D eigenvalue weighted by Crippen LogP contribution is -2.40. The molecule has 4 heterocycles. The highest BCUT2D eigenvalue weighted by molar-refractivity contribution is 5.80. The minimum atomic E-state index is -0.262. The van der Waals surface area contributed by atoms with Crippen molar-refractivity contribution in [1.82, 2.24) is 24.8 Å². The minimum absolute atomic E-state index is 0.00464. The average molecular weight is 387 g/mol. The van der Waals surface area contributed by atoms with Crippen LogP contribution in [0, 0.1) is 5.92 Å². The molecule has 0 aromatic carbocycles. The lowest BCUT2D eigenvalue weighted by molar-refractivity contribution is -0.125. The number of amides is 1. The Hall–Kier alpha value is -3.35. The predicted octanol–water partition coefficient (Wildman–Crippen LogP) is 2.07. The van der Waals surface area contributed by atoms with E-state index in [2.05, 4.69) is 15.3 Å². The van der Waals surface area contributed by atoms with Crippen LogP contribution in [0.25, 0.3) is 11.3 Å². The fraction of sp³-hybridized carbons (Fsp3) is 0.318. The number of hydrogen-bond donors (Lipinski definition) is 1. The SMILES string of the molecule is O=C(NC1CCCn2c1nc(-c1ccncc1)cc2=O)C1Cc2cccnc2C1. The van der Waals surface area contributed by atoms with Gasteiger partial charge in [0.05, 0.1) is 11.7 Å². The molecule has 1 N–H and O–H groups in total. The molecule has 2 atom stereocenters. The monoisotopic (exact) mass is 387 g/mol. The number of pyridine rings is 2. The molecule has 0 radical (unpaired) electrons. The second-order valence-corrected chi connectivity index (χ2v) is 7.64. The Morgan fingerprint density at radius 1 is 1.14 bits per heavy atom. The largest absolute Gasteiger partial charge is 0.346 e. The van der Waals surface area contributed by atoms with E-state index in [1.165, 1.54) is 0 Å². The lowest BCUT2D eigenvalue weighted by Gasteiger charge is -2.27. The fourth-order valence-corrected chi connectivity index (χ4v) is 4.29. The Balaban J connectivity index is 1.41. The summed E-state index contributed by atoms with van der Waals surface area (Å²) >= 11 is 0. The Morgan fingerprint density at radius 2 is 2.00 bits per heavy atom. The number of fused-ring (bicyclic) bond motifs is 2. The molecule has 146 valence electrons. The van der Waals surface area contributed by atoms with E-state index in [-0.39, 0.29) is 23.4 Å². The van der Waals surface area contributed by atoms with Crippen LogP contribution in [0.2, 0.25) is 0 Å². The summed E-state index contributed by atoms with van der Waals surface area (Å²) in [5, 5.41) is 3.16. The van der Waals surface area contributed by atoms with E-state index in [1.54, 1.807) is 29.2 Å². The van der Waals surface area contributed by atoms with Crippen molar-refractivity contribution in [3.63, 3.8) is 0 Å². The van der Waals surface area contributed by atoms with Crippen LogP contribution in [0.3, 0.4) is 0 Å². The number of rotatable bonds is 3. The first-order valence-electron chi connectivity index (χ1n) is 9.94. The van der Waals surface area contributed by atoms with Crippen LogP contribution in [0.5, 0.6) is 0 Å². The predicted molar refractivity (Wildman–Crippen MR) is 107 cm³/mol. The highest BCUT2D eigenvalue weighted by Gasteiger charge is 2.32. The van der Waals surface area contributed by atoms with Crippen LogP contribution < -0.4 is 10.9 Å². The lowest BCUT2D eigenvalue weighted by atomic mass is 10.0. The Labute approximate surface area is 167 Å². The Morgan fingerprint density at radius 3 is 2.83 bits per heavy atom. The maximum atomic E-state index is 13.0. The van der Waals surface area contributed by atoms with Gasteiger partial charge in [-0.3, -0.25) is 24.1 Å². The van der Waals surface area contributed by atoms with Gasteiger partial charge in [0.15, 0.2) is 0 Å². The van der Waals surface area contributed by atoms with Crippen molar-refractivity contribution < 1.29 is 4.79 Å². The summed E-state index contributed by atoms with van der Waals surface area (Å²) in [5.41, 5.74) is 3.52. The van der Waals surface area contributed by atoms with Crippen LogP contribution >= 0.6 is 0 Å². The van der Waals surface area contributed by atoms with Gasteiger partial charge in [0.25, 0.3) is 5.56 Å². The zero-order valence-corrected chi connectivity index (χ0v) is 15.9. The van der Waals surface area contributed by atoms with Crippen molar-refractivity contribution in [2.75, 3.05) is 0 Å². The van der Waals surface area contributed by atoms with E-state index >= 15 is 0 Å². The van der Waals surface area contributed by atoms with E-state index < -0.39 is 0 Å². The topological polar surface area (TPSA) is 89.8 Å². The molecule has 0 saturated heterocycles. The molecule has 5 rings (SSSR count). The van der Waals surface area contributed by atoms with Crippen LogP contribution in [0.4, 0.5) is 0 Å². The number of aromatic nitrogens is 4. The van der Waals surface area contributed by atoms with Gasteiger partial charge in [-0.1, -0.05) is 6.07 Å². The zero-order valence-electron chi connectivity index (χ0n) is 15.9. The van der Waals surface area contributed by atoms with Gasteiger partial charge in [-0.25, -0.2) is 4.98 Å². The Bertz CT molecular complexity index is 1100. The van der Waals surface area contributed by atoms with Crippen molar-refractivity contribution >= 4 is 5.91 Å². The number of hydrogen-bond acceptors (Lipinski definition) is 5. The number of nitrogens with zero attached hydrogens (tertiary/aromatic N) is 4. The summed E-state index contributed by atoms with van der Waals surface area (Å²) in [6.45, 7) is 0.628. The first kappa shape index (κ1) is 17.7. The maximum absolute atomic E-state index is 13.0. The summed E-state index contributed by atoms with van der Waals surface area (Å²) < 4.78 is 1.68. The third-order valence-electron chi connectivity index (χ3n) is 5.78. The molecule has 29 heavy (non-hydrogen) atoms. The van der Waals surface area contributed by atoms with E-state index in [0.717, 1.165) is 29.7 Å². The van der Waals surface area contributed by atoms with Crippen LogP contribution in [-0.2, 0) is 24.2 Å². The van der Waals surface area contributed by atoms with Gasteiger partial charge in [0.2, 0.25) is 5.91 Å². The quantitative estimate of drug-likeness (QED) is 0.743. The van der Waals surface area contributed by atoms with Gasteiger partial charge < -0.3 is 5.32 Å². The van der Waals surface area contributed by atoms with Crippen LogP contribution in [0.15, 0.2) is 53.7 Å². The number of carbonyl (C=O) groups excluding carboxylic acids is 1. The molecule has 7 nitrogen and oxygen atoms in total. The van der Waals surface area contributed by atoms with Crippen molar-refractivity contribution in [2.24, 2.45) is 5.92 Å². The second kappa shape index (κ2) is 7.24. The van der Waals surface area contributed by atoms with Crippen molar-refractivity contribution in [2.45, 2.75) is 38.3 Å². The first-order valence-corrected chi connectivity index (χ1v) is 9.94. The second-order valence-electron chi connectivity index (χ2n) is 7.64. The molecule has 3 aromatic heterocycles. The van der Waals surface area contributed by atoms with Gasteiger partial charge >= 0.3 is 0 Å². The summed E-state index contributed by atoms with van der Waals surface area (Å²) in [4.78, 5) is 38.8.